The van der Waals surface area contributed by atoms with Gasteiger partial charge in [-0.2, -0.15) is 0 Å². The molecule has 0 aliphatic carbocycles. The molecule has 1 aromatic carbocycles. The predicted molar refractivity (Wildman–Crippen MR) is 73.1 cm³/mol. The van der Waals surface area contributed by atoms with E-state index >= 15 is 0 Å². The van der Waals surface area contributed by atoms with Crippen molar-refractivity contribution in [2.24, 2.45) is 0 Å². The van der Waals surface area contributed by atoms with Crippen LogP contribution in [0, 0.1) is 12.7 Å². The minimum Gasteiger partial charge on any atom is -0.311 e. The molecule has 1 unspecified atom stereocenters. The van der Waals surface area contributed by atoms with Crippen LogP contribution in [0.4, 0.5) is 4.39 Å². The maximum Gasteiger partial charge on any atom is 0.123 e. The molecular weight excluding hydrogens is 227 g/mol. The molecule has 0 radical (unpaired) electrons. The number of nitrogens with zero attached hydrogens (tertiary/aromatic N) is 1. The molecule has 3 heteroatoms. The van der Waals surface area contributed by atoms with Gasteiger partial charge in [0.05, 0.1) is 0 Å². The fraction of sp³-hybridized carbons (Fsp3) is 0.600. The van der Waals surface area contributed by atoms with Crippen LogP contribution in [0.25, 0.3) is 0 Å². The average molecular weight is 250 g/mol. The Labute approximate surface area is 109 Å². The minimum absolute atomic E-state index is 0.145. The molecule has 1 fully saturated rings. The van der Waals surface area contributed by atoms with Gasteiger partial charge in [0.15, 0.2) is 0 Å². The lowest BCUT2D eigenvalue weighted by Crippen LogP contribution is -2.37. The number of halogens is 1. The minimum atomic E-state index is -0.145. The number of hydrogen-bond donors (Lipinski definition) is 1. The van der Waals surface area contributed by atoms with Gasteiger partial charge in [0.25, 0.3) is 0 Å². The first-order chi connectivity index (χ1) is 8.70. The second-order valence-electron chi connectivity index (χ2n) is 5.13. The van der Waals surface area contributed by atoms with E-state index in [-0.39, 0.29) is 5.82 Å². The first-order valence-corrected chi connectivity index (χ1v) is 6.90. The first-order valence-electron chi connectivity index (χ1n) is 6.90. The highest BCUT2D eigenvalue weighted by atomic mass is 19.1. The molecule has 1 aliphatic heterocycles. The van der Waals surface area contributed by atoms with Gasteiger partial charge in [-0.05, 0) is 56.1 Å². The number of likely N-dealkylation sites (N-methyl/N-ethyl adjacent to an activating group) is 1. The molecule has 1 aromatic rings. The van der Waals surface area contributed by atoms with E-state index in [1.54, 1.807) is 6.07 Å². The SMILES string of the molecule is CCN1CCCC1CNCc1cc(F)ccc1C. The lowest BCUT2D eigenvalue weighted by molar-refractivity contribution is 0.260. The molecule has 1 heterocycles. The van der Waals surface area contributed by atoms with Crippen molar-refractivity contribution in [2.45, 2.75) is 39.3 Å². The summed E-state index contributed by atoms with van der Waals surface area (Å²) in [5.41, 5.74) is 2.22. The van der Waals surface area contributed by atoms with E-state index in [0.29, 0.717) is 6.04 Å². The Morgan fingerprint density at radius 1 is 1.44 bits per heavy atom. The van der Waals surface area contributed by atoms with E-state index in [1.165, 1.54) is 25.5 Å². The van der Waals surface area contributed by atoms with Crippen LogP contribution < -0.4 is 5.32 Å². The summed E-state index contributed by atoms with van der Waals surface area (Å²) in [6.45, 7) is 8.37. The molecule has 0 spiro atoms. The van der Waals surface area contributed by atoms with E-state index < -0.39 is 0 Å². The fourth-order valence-corrected chi connectivity index (χ4v) is 2.75. The number of nitrogens with one attached hydrogen (secondary N) is 1. The summed E-state index contributed by atoms with van der Waals surface area (Å²) >= 11 is 0. The van der Waals surface area contributed by atoms with Crippen molar-refractivity contribution < 1.29 is 4.39 Å². The largest absolute Gasteiger partial charge is 0.311 e. The predicted octanol–water partition coefficient (Wildman–Crippen LogP) is 2.71. The van der Waals surface area contributed by atoms with Gasteiger partial charge >= 0.3 is 0 Å². The van der Waals surface area contributed by atoms with Crippen molar-refractivity contribution >= 4 is 0 Å². The van der Waals surface area contributed by atoms with Crippen LogP contribution in [-0.4, -0.2) is 30.6 Å². The zero-order valence-corrected chi connectivity index (χ0v) is 11.4. The Balaban J connectivity index is 1.83. The molecule has 1 N–H and O–H groups in total. The van der Waals surface area contributed by atoms with Gasteiger partial charge < -0.3 is 5.32 Å². The van der Waals surface area contributed by atoms with E-state index in [0.717, 1.165) is 30.8 Å². The molecule has 2 nitrogen and oxygen atoms in total. The van der Waals surface area contributed by atoms with Crippen molar-refractivity contribution in [3.63, 3.8) is 0 Å². The van der Waals surface area contributed by atoms with Gasteiger partial charge in [0.1, 0.15) is 5.82 Å². The van der Waals surface area contributed by atoms with Crippen LogP contribution in [0.5, 0.6) is 0 Å². The molecule has 1 saturated heterocycles. The van der Waals surface area contributed by atoms with Gasteiger partial charge in [0.2, 0.25) is 0 Å². The van der Waals surface area contributed by atoms with Crippen LogP contribution >= 0.6 is 0 Å². The highest BCUT2D eigenvalue weighted by molar-refractivity contribution is 5.26. The van der Waals surface area contributed by atoms with Crippen molar-refractivity contribution in [1.82, 2.24) is 10.2 Å². The highest BCUT2D eigenvalue weighted by Gasteiger charge is 2.22. The molecule has 0 amide bonds. The smallest absolute Gasteiger partial charge is 0.123 e. The Morgan fingerprint density at radius 3 is 3.06 bits per heavy atom. The summed E-state index contributed by atoms with van der Waals surface area (Å²) in [5.74, 6) is -0.145. The molecule has 0 bridgehead atoms. The summed E-state index contributed by atoms with van der Waals surface area (Å²) in [6, 6.07) is 5.66. The molecular formula is C15H23FN2. The van der Waals surface area contributed by atoms with E-state index in [9.17, 15) is 4.39 Å². The van der Waals surface area contributed by atoms with E-state index in [1.807, 2.05) is 13.0 Å². The summed E-state index contributed by atoms with van der Waals surface area (Å²) in [6.07, 6.45) is 2.59. The molecule has 100 valence electrons. The van der Waals surface area contributed by atoms with Crippen LogP contribution in [0.3, 0.4) is 0 Å². The fourth-order valence-electron chi connectivity index (χ4n) is 2.75. The van der Waals surface area contributed by atoms with Crippen molar-refractivity contribution in [3.8, 4) is 0 Å². The van der Waals surface area contributed by atoms with Gasteiger partial charge in [-0.15, -0.1) is 0 Å². The number of aryl methyl sites for hydroxylation is 1. The number of hydrogen-bond acceptors (Lipinski definition) is 2. The zero-order chi connectivity index (χ0) is 13.0. The molecule has 1 aliphatic rings. The van der Waals surface area contributed by atoms with Crippen LogP contribution in [0.2, 0.25) is 0 Å². The average Bonchev–Trinajstić information content (AvgIpc) is 2.81. The Bertz CT molecular complexity index is 392. The molecule has 18 heavy (non-hydrogen) atoms. The molecule has 0 aromatic heterocycles. The van der Waals surface area contributed by atoms with Gasteiger partial charge in [-0.25, -0.2) is 4.39 Å². The quantitative estimate of drug-likeness (QED) is 0.864. The summed E-state index contributed by atoms with van der Waals surface area (Å²) in [4.78, 5) is 2.52. The summed E-state index contributed by atoms with van der Waals surface area (Å²) in [5, 5.41) is 3.47. The highest BCUT2D eigenvalue weighted by Crippen LogP contribution is 2.16. The third-order valence-electron chi connectivity index (χ3n) is 3.91. The Kier molecular flexibility index (Phi) is 4.72. The lowest BCUT2D eigenvalue weighted by Gasteiger charge is -2.23. The normalized spacial score (nSPS) is 20.5. The van der Waals surface area contributed by atoms with E-state index in [4.69, 9.17) is 0 Å². The third-order valence-corrected chi connectivity index (χ3v) is 3.91. The van der Waals surface area contributed by atoms with Gasteiger partial charge in [0, 0.05) is 19.1 Å². The van der Waals surface area contributed by atoms with Crippen molar-refractivity contribution in [1.29, 1.82) is 0 Å². The molecule has 1 atom stereocenters. The zero-order valence-electron chi connectivity index (χ0n) is 11.4. The van der Waals surface area contributed by atoms with Crippen molar-refractivity contribution in [3.05, 3.63) is 35.1 Å². The Hall–Kier alpha value is -0.930. The standard InChI is InChI=1S/C15H23FN2/c1-3-18-8-4-5-15(18)11-17-10-13-9-14(16)7-6-12(13)2/h6-7,9,15,17H,3-5,8,10-11H2,1-2H3. The second kappa shape index (κ2) is 6.30. The number of rotatable bonds is 5. The maximum absolute atomic E-state index is 13.2. The van der Waals surface area contributed by atoms with Crippen LogP contribution in [-0.2, 0) is 6.54 Å². The van der Waals surface area contributed by atoms with Crippen LogP contribution in [0.15, 0.2) is 18.2 Å². The van der Waals surface area contributed by atoms with Crippen LogP contribution in [0.1, 0.15) is 30.9 Å². The van der Waals surface area contributed by atoms with Gasteiger partial charge in [-0.1, -0.05) is 13.0 Å². The number of benzene rings is 1. The molecule has 0 saturated carbocycles. The van der Waals surface area contributed by atoms with Gasteiger partial charge in [-0.3, -0.25) is 4.90 Å². The van der Waals surface area contributed by atoms with E-state index in [2.05, 4.69) is 17.1 Å². The second-order valence-corrected chi connectivity index (χ2v) is 5.13. The van der Waals surface area contributed by atoms with Crippen molar-refractivity contribution in [2.75, 3.05) is 19.6 Å². The maximum atomic E-state index is 13.2. The summed E-state index contributed by atoms with van der Waals surface area (Å²) < 4.78 is 13.2. The number of likely N-dealkylation sites (tertiary alicyclic amines) is 1. The third kappa shape index (κ3) is 3.30. The monoisotopic (exact) mass is 250 g/mol. The Morgan fingerprint density at radius 2 is 2.28 bits per heavy atom. The summed E-state index contributed by atoms with van der Waals surface area (Å²) in [7, 11) is 0. The molecule has 2 rings (SSSR count). The topological polar surface area (TPSA) is 15.3 Å². The first kappa shape index (κ1) is 13.5. The lowest BCUT2D eigenvalue weighted by atomic mass is 10.1.